The first-order chi connectivity index (χ1) is 26.8. The maximum atomic E-state index is 5.54. The summed E-state index contributed by atoms with van der Waals surface area (Å²) < 4.78 is 8.83. The third-order valence-corrected chi connectivity index (χ3v) is 10.2. The van der Waals surface area contributed by atoms with E-state index in [4.69, 9.17) is 19.9 Å². The Balaban J connectivity index is 1.24. The normalized spacial score (nSPS) is 11.7. The fourth-order valence-corrected chi connectivity index (χ4v) is 7.81. The molecular formula is C46H30N8. The molecule has 0 spiro atoms. The van der Waals surface area contributed by atoms with Crippen molar-refractivity contribution < 1.29 is 0 Å². The summed E-state index contributed by atoms with van der Waals surface area (Å²) in [4.78, 5) is 20.8. The van der Waals surface area contributed by atoms with Gasteiger partial charge in [0, 0.05) is 39.5 Å². The van der Waals surface area contributed by atoms with E-state index in [1.165, 1.54) is 0 Å². The van der Waals surface area contributed by atoms with Crippen LogP contribution in [0.15, 0.2) is 182 Å². The van der Waals surface area contributed by atoms with Gasteiger partial charge in [-0.1, -0.05) is 115 Å². The lowest BCUT2D eigenvalue weighted by molar-refractivity contribution is 0.932. The van der Waals surface area contributed by atoms with Crippen LogP contribution in [0.25, 0.3) is 89.8 Å². The Kier molecular flexibility index (Phi) is 6.69. The first kappa shape index (κ1) is 30.1. The molecule has 0 aliphatic carbocycles. The lowest BCUT2D eigenvalue weighted by atomic mass is 10.1. The predicted octanol–water partition coefficient (Wildman–Crippen LogP) is 10.4. The Morgan fingerprint density at radius 3 is 1.50 bits per heavy atom. The number of imidazole rings is 2. The van der Waals surface area contributed by atoms with E-state index in [2.05, 4.69) is 152 Å². The topological polar surface area (TPSA) is 71.3 Å². The van der Waals surface area contributed by atoms with Gasteiger partial charge in [-0.3, -0.25) is 23.3 Å². The van der Waals surface area contributed by atoms with E-state index in [0.717, 1.165) is 89.8 Å². The van der Waals surface area contributed by atoms with Gasteiger partial charge in [0.1, 0.15) is 16.7 Å². The number of rotatable bonds is 6. The number of aromatic nitrogens is 8. The first-order valence-electron chi connectivity index (χ1n) is 17.9. The van der Waals surface area contributed by atoms with Gasteiger partial charge in [-0.15, -0.1) is 0 Å². The molecule has 0 aliphatic heterocycles. The summed E-state index contributed by atoms with van der Waals surface area (Å²) in [5.41, 5.74) is 11.4. The molecule has 0 amide bonds. The summed E-state index contributed by atoms with van der Waals surface area (Å²) in [5, 5.41) is 2.08. The Morgan fingerprint density at radius 1 is 0.370 bits per heavy atom. The molecule has 0 saturated carbocycles. The molecule has 0 aliphatic rings. The second kappa shape index (κ2) is 12.0. The van der Waals surface area contributed by atoms with Gasteiger partial charge in [-0.25, -0.2) is 15.0 Å². The van der Waals surface area contributed by atoms with Crippen molar-refractivity contribution in [3.63, 3.8) is 0 Å². The van der Waals surface area contributed by atoms with E-state index < -0.39 is 0 Å². The molecule has 0 saturated heterocycles. The number of fused-ring (bicyclic) bond motifs is 6. The second-order valence-electron chi connectivity index (χ2n) is 13.2. The fraction of sp³-hybridized carbons (Fsp3) is 0. The minimum atomic E-state index is 0.752. The summed E-state index contributed by atoms with van der Waals surface area (Å²) in [7, 11) is 0. The van der Waals surface area contributed by atoms with Crippen molar-refractivity contribution in [2.45, 2.75) is 0 Å². The minimum absolute atomic E-state index is 0.752. The summed E-state index contributed by atoms with van der Waals surface area (Å²) >= 11 is 0. The highest BCUT2D eigenvalue weighted by atomic mass is 15.3. The van der Waals surface area contributed by atoms with Gasteiger partial charge in [0.25, 0.3) is 0 Å². The van der Waals surface area contributed by atoms with Crippen molar-refractivity contribution in [3.8, 4) is 45.8 Å². The van der Waals surface area contributed by atoms with Crippen LogP contribution >= 0.6 is 0 Å². The molecule has 0 bridgehead atoms. The van der Waals surface area contributed by atoms with Crippen LogP contribution in [-0.4, -0.2) is 38.2 Å². The maximum absolute atomic E-state index is 5.54. The first-order valence-corrected chi connectivity index (χ1v) is 17.9. The highest BCUT2D eigenvalue weighted by molar-refractivity contribution is 6.14. The Bertz CT molecular complexity index is 2920. The number of hydrogen-bond acceptors (Lipinski definition) is 4. The molecule has 0 N–H and O–H groups in total. The third kappa shape index (κ3) is 4.50. The van der Waals surface area contributed by atoms with E-state index in [1.54, 1.807) is 0 Å². The van der Waals surface area contributed by atoms with Crippen molar-refractivity contribution in [3.05, 3.63) is 182 Å². The van der Waals surface area contributed by atoms with Crippen LogP contribution in [-0.2, 0) is 0 Å². The van der Waals surface area contributed by atoms with Crippen LogP contribution < -0.4 is 0 Å². The number of pyridine rings is 2. The van der Waals surface area contributed by atoms with Crippen LogP contribution in [0.5, 0.6) is 0 Å². The van der Waals surface area contributed by atoms with Gasteiger partial charge >= 0.3 is 0 Å². The van der Waals surface area contributed by atoms with Gasteiger partial charge in [0.15, 0.2) is 0 Å². The quantitative estimate of drug-likeness (QED) is 0.174. The smallest absolute Gasteiger partial charge is 0.221 e. The molecule has 11 rings (SSSR count). The molecule has 0 unspecified atom stereocenters. The molecule has 54 heavy (non-hydrogen) atoms. The highest BCUT2D eigenvalue weighted by Crippen LogP contribution is 2.39. The van der Waals surface area contributed by atoms with Crippen molar-refractivity contribution in [1.29, 1.82) is 0 Å². The van der Waals surface area contributed by atoms with Crippen LogP contribution in [0.1, 0.15) is 0 Å². The molecule has 5 aromatic carbocycles. The van der Waals surface area contributed by atoms with Gasteiger partial charge in [0.05, 0.1) is 40.3 Å². The van der Waals surface area contributed by atoms with E-state index in [1.807, 2.05) is 48.9 Å². The molecule has 254 valence electrons. The van der Waals surface area contributed by atoms with Crippen LogP contribution in [0.2, 0.25) is 0 Å². The van der Waals surface area contributed by atoms with E-state index in [9.17, 15) is 0 Å². The lowest BCUT2D eigenvalue weighted by Gasteiger charge is -2.15. The molecule has 0 atom stereocenters. The number of benzene rings is 5. The van der Waals surface area contributed by atoms with Gasteiger partial charge < -0.3 is 0 Å². The van der Waals surface area contributed by atoms with E-state index in [0.29, 0.717) is 0 Å². The standard InChI is InChI=1S/C46H30N8/c1-5-16-31(17-6-1)40-29-48-45(51(40)33-20-9-3-10-21-33)53-38-26-15-27-47-42(38)43-39(53)28-36-35-24-13-14-25-37(35)54(44(36)50-43)46-49-30-41(32-18-7-2-8-19-32)52(46)34-22-11-4-12-23-34/h1-30H. The van der Waals surface area contributed by atoms with Crippen LogP contribution in [0, 0.1) is 0 Å². The highest BCUT2D eigenvalue weighted by Gasteiger charge is 2.26. The summed E-state index contributed by atoms with van der Waals surface area (Å²) in [6.07, 6.45) is 5.75. The molecule has 0 radical (unpaired) electrons. The van der Waals surface area contributed by atoms with Crippen molar-refractivity contribution in [1.82, 2.24) is 38.2 Å². The molecule has 8 nitrogen and oxygen atoms in total. The SMILES string of the molecule is c1ccc(-c2cnc(-n3c4cccnc4c4nc5c(cc43)c3ccccc3n5-c3ncc(-c4ccccc4)n3-c3ccccc3)n2-c2ccccc2)cc1. The second-order valence-corrected chi connectivity index (χ2v) is 13.2. The zero-order valence-electron chi connectivity index (χ0n) is 28.9. The fourth-order valence-electron chi connectivity index (χ4n) is 7.81. The molecular weight excluding hydrogens is 665 g/mol. The van der Waals surface area contributed by atoms with Gasteiger partial charge in [-0.2, -0.15) is 0 Å². The maximum Gasteiger partial charge on any atom is 0.221 e. The number of hydrogen-bond donors (Lipinski definition) is 0. The van der Waals surface area contributed by atoms with Crippen LogP contribution in [0.3, 0.4) is 0 Å². The Labute approximate surface area is 309 Å². The average Bonchev–Trinajstić information content (AvgIpc) is 4.02. The molecule has 8 heteroatoms. The lowest BCUT2D eigenvalue weighted by Crippen LogP contribution is -2.07. The third-order valence-electron chi connectivity index (χ3n) is 10.2. The minimum Gasteiger partial charge on any atom is -0.278 e. The monoisotopic (exact) mass is 694 g/mol. The van der Waals surface area contributed by atoms with Crippen molar-refractivity contribution in [2.75, 3.05) is 0 Å². The summed E-state index contributed by atoms with van der Waals surface area (Å²) in [5.74, 6) is 1.51. The molecule has 6 aromatic heterocycles. The largest absolute Gasteiger partial charge is 0.278 e. The van der Waals surface area contributed by atoms with E-state index in [-0.39, 0.29) is 0 Å². The zero-order chi connectivity index (χ0) is 35.6. The molecule has 0 fully saturated rings. The zero-order valence-corrected chi connectivity index (χ0v) is 28.9. The van der Waals surface area contributed by atoms with Crippen LogP contribution in [0.4, 0.5) is 0 Å². The predicted molar refractivity (Wildman–Crippen MR) is 216 cm³/mol. The van der Waals surface area contributed by atoms with E-state index >= 15 is 0 Å². The van der Waals surface area contributed by atoms with Gasteiger partial charge in [0.2, 0.25) is 11.9 Å². The average molecular weight is 695 g/mol. The van der Waals surface area contributed by atoms with Crippen molar-refractivity contribution >= 4 is 44.0 Å². The summed E-state index contributed by atoms with van der Waals surface area (Å²) in [6, 6.07) is 56.4. The Hall–Kier alpha value is -7.58. The van der Waals surface area contributed by atoms with Gasteiger partial charge in [-0.05, 0) is 48.5 Å². The molecule has 6 heterocycles. The number of nitrogens with zero attached hydrogens (tertiary/aromatic N) is 8. The summed E-state index contributed by atoms with van der Waals surface area (Å²) in [6.45, 7) is 0. The molecule has 11 aromatic rings. The number of para-hydroxylation sites is 3. The van der Waals surface area contributed by atoms with Crippen molar-refractivity contribution in [2.24, 2.45) is 0 Å². The Morgan fingerprint density at radius 2 is 0.889 bits per heavy atom.